The molecule has 0 aliphatic carbocycles. The molecule has 0 amide bonds. The zero-order valence-corrected chi connectivity index (χ0v) is 16.4. The molecule has 0 heterocycles. The second-order valence-electron chi connectivity index (χ2n) is 6.72. The van der Waals surface area contributed by atoms with E-state index in [1.54, 1.807) is 0 Å². The van der Waals surface area contributed by atoms with Gasteiger partial charge in [-0.2, -0.15) is 0 Å². The molecule has 0 aliphatic heterocycles. The average molecular weight is 392 g/mol. The van der Waals surface area contributed by atoms with Gasteiger partial charge in [0.15, 0.2) is 11.5 Å². The molecule has 0 unspecified atom stereocenters. The molecule has 0 fully saturated rings. The zero-order chi connectivity index (χ0) is 17.6. The first-order valence-electron chi connectivity index (χ1n) is 8.26. The first-order valence-corrected chi connectivity index (χ1v) is 9.05. The van der Waals surface area contributed by atoms with E-state index in [9.17, 15) is 0 Å². The van der Waals surface area contributed by atoms with Crippen molar-refractivity contribution in [3.05, 3.63) is 58.1 Å². The first-order chi connectivity index (χ1) is 11.4. The van der Waals surface area contributed by atoms with Crippen LogP contribution in [0.25, 0.3) is 0 Å². The lowest BCUT2D eigenvalue weighted by Crippen LogP contribution is -2.35. The highest BCUT2D eigenvalue weighted by molar-refractivity contribution is 9.10. The lowest BCUT2D eigenvalue weighted by molar-refractivity contribution is 0.267. The van der Waals surface area contributed by atoms with Crippen LogP contribution in [0.3, 0.4) is 0 Å². The van der Waals surface area contributed by atoms with Crippen molar-refractivity contribution in [3.8, 4) is 11.5 Å². The summed E-state index contributed by atoms with van der Waals surface area (Å²) in [6, 6.07) is 14.3. The van der Waals surface area contributed by atoms with Gasteiger partial charge < -0.3 is 14.8 Å². The Kier molecular flexibility index (Phi) is 6.69. The number of benzene rings is 2. The molecule has 0 atom stereocenters. The summed E-state index contributed by atoms with van der Waals surface area (Å²) in [5, 5.41) is 3.49. The molecule has 0 radical (unpaired) electrons. The molecule has 0 spiro atoms. The number of nitrogens with one attached hydrogen (secondary N) is 1. The summed E-state index contributed by atoms with van der Waals surface area (Å²) in [4.78, 5) is 0. The van der Waals surface area contributed by atoms with E-state index in [4.69, 9.17) is 9.47 Å². The minimum atomic E-state index is 0.0702. The highest BCUT2D eigenvalue weighted by Gasteiger charge is 2.14. The fraction of sp³-hybridized carbons (Fsp3) is 0.400. The summed E-state index contributed by atoms with van der Waals surface area (Å²) in [6.45, 7) is 10.3. The number of rotatable bonds is 7. The highest BCUT2D eigenvalue weighted by Crippen LogP contribution is 2.37. The molecule has 2 rings (SSSR count). The lowest BCUT2D eigenvalue weighted by Gasteiger charge is -2.21. The largest absolute Gasteiger partial charge is 0.490 e. The van der Waals surface area contributed by atoms with Gasteiger partial charge in [0.2, 0.25) is 0 Å². The van der Waals surface area contributed by atoms with Crippen molar-refractivity contribution in [2.75, 3.05) is 6.61 Å². The third-order valence-electron chi connectivity index (χ3n) is 3.42. The molecule has 0 saturated carbocycles. The van der Waals surface area contributed by atoms with Crippen molar-refractivity contribution < 1.29 is 9.47 Å². The minimum absolute atomic E-state index is 0.0702. The van der Waals surface area contributed by atoms with Crippen LogP contribution in [-0.2, 0) is 13.2 Å². The third-order valence-corrected chi connectivity index (χ3v) is 4.01. The van der Waals surface area contributed by atoms with Crippen LogP contribution in [0.5, 0.6) is 11.5 Å². The van der Waals surface area contributed by atoms with Crippen molar-refractivity contribution in [2.24, 2.45) is 0 Å². The Hall–Kier alpha value is -1.52. The van der Waals surface area contributed by atoms with Gasteiger partial charge in [-0.15, -0.1) is 0 Å². The predicted octanol–water partition coefficient (Wildman–Crippen LogP) is 5.31. The monoisotopic (exact) mass is 391 g/mol. The van der Waals surface area contributed by atoms with Crippen LogP contribution in [-0.4, -0.2) is 12.1 Å². The normalized spacial score (nSPS) is 11.4. The van der Waals surface area contributed by atoms with Crippen molar-refractivity contribution >= 4 is 15.9 Å². The molecule has 130 valence electrons. The second-order valence-corrected chi connectivity index (χ2v) is 7.57. The van der Waals surface area contributed by atoms with E-state index in [-0.39, 0.29) is 5.54 Å². The van der Waals surface area contributed by atoms with Gasteiger partial charge >= 0.3 is 0 Å². The lowest BCUT2D eigenvalue weighted by atomic mass is 10.1. The zero-order valence-electron chi connectivity index (χ0n) is 14.9. The van der Waals surface area contributed by atoms with Gasteiger partial charge in [-0.1, -0.05) is 30.3 Å². The predicted molar refractivity (Wildman–Crippen MR) is 103 cm³/mol. The maximum absolute atomic E-state index is 6.01. The van der Waals surface area contributed by atoms with Crippen molar-refractivity contribution in [3.63, 3.8) is 0 Å². The van der Waals surface area contributed by atoms with Crippen molar-refractivity contribution in [1.82, 2.24) is 5.32 Å². The van der Waals surface area contributed by atoms with Crippen LogP contribution in [0.15, 0.2) is 46.9 Å². The fourth-order valence-electron chi connectivity index (χ4n) is 2.22. The summed E-state index contributed by atoms with van der Waals surface area (Å²) < 4.78 is 12.7. The van der Waals surface area contributed by atoms with Crippen LogP contribution < -0.4 is 14.8 Å². The van der Waals surface area contributed by atoms with Gasteiger partial charge in [-0.25, -0.2) is 0 Å². The van der Waals surface area contributed by atoms with Gasteiger partial charge in [0.05, 0.1) is 11.1 Å². The van der Waals surface area contributed by atoms with Gasteiger partial charge in [-0.3, -0.25) is 0 Å². The molecule has 3 nitrogen and oxygen atoms in total. The minimum Gasteiger partial charge on any atom is -0.490 e. The molecule has 2 aromatic rings. The number of hydrogen-bond acceptors (Lipinski definition) is 3. The standard InChI is InChI=1S/C20H26BrNO2/c1-5-23-18-12-16(13-22-20(2,3)4)11-17(21)19(18)24-14-15-9-7-6-8-10-15/h6-12,22H,5,13-14H2,1-4H3. The van der Waals surface area contributed by atoms with E-state index in [0.29, 0.717) is 13.2 Å². The number of halogens is 1. The Morgan fingerprint density at radius 1 is 1.00 bits per heavy atom. The SMILES string of the molecule is CCOc1cc(CNC(C)(C)C)cc(Br)c1OCc1ccccc1. The molecular formula is C20H26BrNO2. The van der Waals surface area contributed by atoms with Crippen LogP contribution in [0, 0.1) is 0 Å². The van der Waals surface area contributed by atoms with Gasteiger partial charge in [0.1, 0.15) is 6.61 Å². The molecule has 4 heteroatoms. The molecule has 0 aliphatic rings. The van der Waals surface area contributed by atoms with E-state index in [1.807, 2.05) is 31.2 Å². The van der Waals surface area contributed by atoms with Crippen molar-refractivity contribution in [1.29, 1.82) is 0 Å². The smallest absolute Gasteiger partial charge is 0.175 e. The number of hydrogen-bond donors (Lipinski definition) is 1. The highest BCUT2D eigenvalue weighted by atomic mass is 79.9. The second kappa shape index (κ2) is 8.54. The molecule has 0 aromatic heterocycles. The Balaban J connectivity index is 2.17. The Morgan fingerprint density at radius 3 is 2.33 bits per heavy atom. The summed E-state index contributed by atoms with van der Waals surface area (Å²) in [6.07, 6.45) is 0. The maximum atomic E-state index is 6.01. The summed E-state index contributed by atoms with van der Waals surface area (Å²) in [5.41, 5.74) is 2.36. The molecule has 24 heavy (non-hydrogen) atoms. The summed E-state index contributed by atoms with van der Waals surface area (Å²) >= 11 is 3.63. The van der Waals surface area contributed by atoms with Crippen LogP contribution in [0.4, 0.5) is 0 Å². The topological polar surface area (TPSA) is 30.5 Å². The fourth-order valence-corrected chi connectivity index (χ4v) is 2.83. The van der Waals surface area contributed by atoms with Crippen molar-refractivity contribution in [2.45, 2.75) is 46.4 Å². The Bertz CT molecular complexity index is 651. The molecule has 0 bridgehead atoms. The average Bonchev–Trinajstić information content (AvgIpc) is 2.53. The van der Waals surface area contributed by atoms with Crippen LogP contribution >= 0.6 is 15.9 Å². The van der Waals surface area contributed by atoms with Gasteiger partial charge in [0.25, 0.3) is 0 Å². The maximum Gasteiger partial charge on any atom is 0.175 e. The molecule has 2 aromatic carbocycles. The van der Waals surface area contributed by atoms with E-state index in [0.717, 1.165) is 33.6 Å². The Labute approximate surface area is 153 Å². The van der Waals surface area contributed by atoms with E-state index >= 15 is 0 Å². The first kappa shape index (κ1) is 18.8. The van der Waals surface area contributed by atoms with E-state index in [2.05, 4.69) is 60.2 Å². The molecule has 1 N–H and O–H groups in total. The molecular weight excluding hydrogens is 366 g/mol. The molecule has 0 saturated heterocycles. The Morgan fingerprint density at radius 2 is 1.71 bits per heavy atom. The van der Waals surface area contributed by atoms with E-state index in [1.165, 1.54) is 0 Å². The van der Waals surface area contributed by atoms with Crippen LogP contribution in [0.1, 0.15) is 38.8 Å². The quantitative estimate of drug-likeness (QED) is 0.692. The number of ether oxygens (including phenoxy) is 2. The third kappa shape index (κ3) is 5.84. The summed E-state index contributed by atoms with van der Waals surface area (Å²) in [7, 11) is 0. The summed E-state index contributed by atoms with van der Waals surface area (Å²) in [5.74, 6) is 1.52. The van der Waals surface area contributed by atoms with Gasteiger partial charge in [0, 0.05) is 12.1 Å². The van der Waals surface area contributed by atoms with E-state index < -0.39 is 0 Å². The van der Waals surface area contributed by atoms with Gasteiger partial charge in [-0.05, 0) is 66.9 Å². The van der Waals surface area contributed by atoms with Crippen LogP contribution in [0.2, 0.25) is 0 Å².